The van der Waals surface area contributed by atoms with Crippen LogP contribution in [0.2, 0.25) is 0 Å². The molecule has 19 heavy (non-hydrogen) atoms. The first-order chi connectivity index (χ1) is 9.06. The third kappa shape index (κ3) is 8.00. The molecular formula is C15H22INO2. The number of terminal acetylenes is 1. The molecule has 0 fully saturated rings. The van der Waals surface area contributed by atoms with E-state index in [-0.39, 0.29) is 5.92 Å². The van der Waals surface area contributed by atoms with Crippen molar-refractivity contribution in [2.24, 2.45) is 11.8 Å². The number of amides is 1. The van der Waals surface area contributed by atoms with Crippen LogP contribution in [0.4, 0.5) is 4.79 Å². The third-order valence-electron chi connectivity index (χ3n) is 2.93. The molecule has 0 aromatic rings. The van der Waals surface area contributed by atoms with Crippen molar-refractivity contribution in [3.05, 3.63) is 0 Å². The molecule has 0 aliphatic carbocycles. The van der Waals surface area contributed by atoms with E-state index in [0.717, 1.165) is 19.3 Å². The summed E-state index contributed by atoms with van der Waals surface area (Å²) >= 11 is 2.37. The lowest BCUT2D eigenvalue weighted by Crippen LogP contribution is -2.30. The van der Waals surface area contributed by atoms with Crippen molar-refractivity contribution in [2.45, 2.75) is 44.0 Å². The van der Waals surface area contributed by atoms with E-state index in [1.807, 2.05) is 0 Å². The molecule has 106 valence electrons. The van der Waals surface area contributed by atoms with Crippen LogP contribution in [0, 0.1) is 36.1 Å². The Balaban J connectivity index is 4.48. The lowest BCUT2D eigenvalue weighted by molar-refractivity contribution is 0.113. The first kappa shape index (κ1) is 18.1. The number of rotatable bonds is 7. The summed E-state index contributed by atoms with van der Waals surface area (Å²) in [6.45, 7) is 6.30. The van der Waals surface area contributed by atoms with E-state index < -0.39 is 6.09 Å². The predicted octanol–water partition coefficient (Wildman–Crippen LogP) is 3.57. The molecule has 3 atom stereocenters. The summed E-state index contributed by atoms with van der Waals surface area (Å²) in [6, 6.07) is 2.47. The molecule has 0 aliphatic heterocycles. The van der Waals surface area contributed by atoms with Gasteiger partial charge in [0.2, 0.25) is 0 Å². The summed E-state index contributed by atoms with van der Waals surface area (Å²) in [5, 5.41) is 2.36. The molecular weight excluding hydrogens is 353 g/mol. The number of hydrogen-bond acceptors (Lipinski definition) is 2. The van der Waals surface area contributed by atoms with Crippen LogP contribution in [-0.4, -0.2) is 16.6 Å². The zero-order chi connectivity index (χ0) is 14.7. The first-order valence-electron chi connectivity index (χ1n) is 6.48. The van der Waals surface area contributed by atoms with Crippen molar-refractivity contribution in [2.75, 3.05) is 6.61 Å². The van der Waals surface area contributed by atoms with Crippen LogP contribution >= 0.6 is 22.6 Å². The van der Waals surface area contributed by atoms with E-state index in [4.69, 9.17) is 11.2 Å². The zero-order valence-electron chi connectivity index (χ0n) is 11.8. The predicted molar refractivity (Wildman–Crippen MR) is 86.8 cm³/mol. The molecule has 0 radical (unpaired) electrons. The minimum atomic E-state index is -0.493. The Labute approximate surface area is 130 Å². The lowest BCUT2D eigenvalue weighted by Gasteiger charge is -2.27. The molecule has 0 aliphatic rings. The largest absolute Gasteiger partial charge is 0.449 e. The molecule has 3 nitrogen and oxygen atoms in total. The Bertz CT molecular complexity index is 363. The fraction of sp³-hybridized carbons (Fsp3) is 0.667. The van der Waals surface area contributed by atoms with Crippen LogP contribution in [0.15, 0.2) is 0 Å². The number of alkyl halides is 1. The van der Waals surface area contributed by atoms with E-state index in [9.17, 15) is 4.79 Å². The highest BCUT2D eigenvalue weighted by molar-refractivity contribution is 14.1. The molecule has 0 heterocycles. The van der Waals surface area contributed by atoms with Gasteiger partial charge in [0.1, 0.15) is 0 Å². The van der Waals surface area contributed by atoms with Gasteiger partial charge in [0.15, 0.2) is 0 Å². The van der Waals surface area contributed by atoms with E-state index in [1.165, 1.54) is 0 Å². The molecule has 0 bridgehead atoms. The van der Waals surface area contributed by atoms with Gasteiger partial charge in [-0.15, -0.1) is 12.3 Å². The summed E-state index contributed by atoms with van der Waals surface area (Å²) in [7, 11) is 0. The average molecular weight is 375 g/mol. The van der Waals surface area contributed by atoms with Gasteiger partial charge in [-0.1, -0.05) is 48.8 Å². The second kappa shape index (κ2) is 11.0. The Kier molecular flexibility index (Phi) is 10.5. The Hall–Kier alpha value is -0.880. The summed E-state index contributed by atoms with van der Waals surface area (Å²) in [6.07, 6.45) is 7.80. The van der Waals surface area contributed by atoms with Gasteiger partial charge in [0.05, 0.1) is 6.61 Å². The monoisotopic (exact) mass is 375 g/mol. The molecule has 1 amide bonds. The van der Waals surface area contributed by atoms with Gasteiger partial charge in [-0.3, -0.25) is 0 Å². The summed E-state index contributed by atoms with van der Waals surface area (Å²) in [5.74, 6) is 5.98. The van der Waals surface area contributed by atoms with Crippen LogP contribution in [0.25, 0.3) is 0 Å². The van der Waals surface area contributed by atoms with Gasteiger partial charge in [-0.25, -0.2) is 10.1 Å². The van der Waals surface area contributed by atoms with Gasteiger partial charge < -0.3 is 4.74 Å². The van der Waals surface area contributed by atoms with Gasteiger partial charge in [0, 0.05) is 22.3 Å². The molecule has 4 heteroatoms. The molecule has 0 spiro atoms. The van der Waals surface area contributed by atoms with Gasteiger partial charge in [-0.05, 0) is 19.3 Å². The first-order valence-corrected chi connectivity index (χ1v) is 7.73. The number of nitrogens with one attached hydrogen (secondary N) is 1. The van der Waals surface area contributed by atoms with Crippen LogP contribution in [-0.2, 0) is 4.74 Å². The minimum Gasteiger partial charge on any atom is -0.449 e. The highest BCUT2D eigenvalue weighted by atomic mass is 127. The second-order valence-corrected chi connectivity index (χ2v) is 6.36. The number of halogens is 1. The normalized spacial score (nSPS) is 14.3. The number of hydrogen-bond donors (Lipinski definition) is 1. The Morgan fingerprint density at radius 3 is 2.68 bits per heavy atom. The van der Waals surface area contributed by atoms with Gasteiger partial charge >= 0.3 is 6.09 Å². The van der Waals surface area contributed by atoms with Gasteiger partial charge in [0.25, 0.3) is 0 Å². The maximum atomic E-state index is 11.4. The highest BCUT2D eigenvalue weighted by Gasteiger charge is 2.25. The average Bonchev–Trinajstić information content (AvgIpc) is 2.36. The lowest BCUT2D eigenvalue weighted by atomic mass is 9.85. The maximum absolute atomic E-state index is 11.4. The van der Waals surface area contributed by atoms with E-state index in [0.29, 0.717) is 16.4 Å². The van der Waals surface area contributed by atoms with Crippen molar-refractivity contribution in [1.82, 2.24) is 5.32 Å². The molecule has 1 N–H and O–H groups in total. The van der Waals surface area contributed by atoms with Crippen molar-refractivity contribution < 1.29 is 9.53 Å². The van der Waals surface area contributed by atoms with Crippen molar-refractivity contribution in [1.29, 1.82) is 0 Å². The van der Waals surface area contributed by atoms with Crippen LogP contribution < -0.4 is 5.32 Å². The molecule has 0 rings (SSSR count). The fourth-order valence-corrected chi connectivity index (χ4v) is 2.75. The zero-order valence-corrected chi connectivity index (χ0v) is 14.0. The number of carbonyl (C=O) groups is 1. The molecule has 0 saturated heterocycles. The maximum Gasteiger partial charge on any atom is 0.418 e. The molecule has 0 saturated carbocycles. The van der Waals surface area contributed by atoms with Crippen LogP contribution in [0.5, 0.6) is 0 Å². The number of carbonyl (C=O) groups excluding carboxylic acids is 1. The van der Waals surface area contributed by atoms with Crippen LogP contribution in [0.1, 0.15) is 40.0 Å². The summed E-state index contributed by atoms with van der Waals surface area (Å²) in [4.78, 5) is 11.4. The standard InChI is InChI=1S/C15H22INO2/c1-5-8-13(9-6-2)14(12(4)16)11-19-15(18)17-10-7-3/h1,12-14H,6,8-9,11H2,2-4H3,(H,17,18). The van der Waals surface area contributed by atoms with Crippen LogP contribution in [0.3, 0.4) is 0 Å². The van der Waals surface area contributed by atoms with Crippen molar-refractivity contribution in [3.63, 3.8) is 0 Å². The number of ether oxygens (including phenoxy) is 1. The quantitative estimate of drug-likeness (QED) is 0.320. The smallest absolute Gasteiger partial charge is 0.418 e. The summed E-state index contributed by atoms with van der Waals surface area (Å²) in [5.41, 5.74) is 0. The van der Waals surface area contributed by atoms with E-state index in [2.05, 4.69) is 59.6 Å². The highest BCUT2D eigenvalue weighted by Crippen LogP contribution is 2.28. The van der Waals surface area contributed by atoms with E-state index in [1.54, 1.807) is 6.92 Å². The number of alkyl carbamates (subject to hydrolysis) is 1. The van der Waals surface area contributed by atoms with Crippen molar-refractivity contribution >= 4 is 28.7 Å². The summed E-state index contributed by atoms with van der Waals surface area (Å²) < 4.78 is 5.61. The Morgan fingerprint density at radius 2 is 2.21 bits per heavy atom. The molecule has 0 aromatic heterocycles. The Morgan fingerprint density at radius 1 is 1.53 bits per heavy atom. The fourth-order valence-electron chi connectivity index (χ4n) is 1.95. The second-order valence-electron chi connectivity index (χ2n) is 4.40. The topological polar surface area (TPSA) is 38.3 Å². The van der Waals surface area contributed by atoms with E-state index >= 15 is 0 Å². The van der Waals surface area contributed by atoms with Crippen molar-refractivity contribution in [3.8, 4) is 24.3 Å². The SMILES string of the molecule is C#CCC(CCC)C(COC(=O)NC#CC)C(C)I. The minimum absolute atomic E-state index is 0.275. The third-order valence-corrected chi connectivity index (χ3v) is 3.86. The van der Waals surface area contributed by atoms with Gasteiger partial charge in [-0.2, -0.15) is 0 Å². The molecule has 3 unspecified atom stereocenters. The molecule has 0 aromatic carbocycles.